The summed E-state index contributed by atoms with van der Waals surface area (Å²) >= 11 is 3.61. The molecule has 0 atom stereocenters. The van der Waals surface area contributed by atoms with Crippen LogP contribution in [0.1, 0.15) is 34.5 Å². The van der Waals surface area contributed by atoms with Gasteiger partial charge in [0, 0.05) is 66.5 Å². The Balaban J connectivity index is 1.75. The maximum absolute atomic E-state index is 13.9. The highest BCUT2D eigenvalue weighted by atomic mass is 79.9. The van der Waals surface area contributed by atoms with Gasteiger partial charge in [0.1, 0.15) is 17.3 Å². The zero-order valence-electron chi connectivity index (χ0n) is 20.3. The van der Waals surface area contributed by atoms with Crippen LogP contribution >= 0.6 is 15.9 Å². The zero-order chi connectivity index (χ0) is 25.9. The fourth-order valence-corrected chi connectivity index (χ4v) is 4.72. The van der Waals surface area contributed by atoms with Crippen molar-refractivity contribution in [3.8, 4) is 22.6 Å². The van der Waals surface area contributed by atoms with Crippen LogP contribution in [0, 0.1) is 6.92 Å². The van der Waals surface area contributed by atoms with Crippen LogP contribution in [0.5, 0.6) is 11.5 Å². The average Bonchev–Trinajstić information content (AvgIpc) is 2.89. The molecule has 1 aromatic carbocycles. The normalized spacial score (nSPS) is 14.9. The number of hydrogen-bond donors (Lipinski definition) is 1. The van der Waals surface area contributed by atoms with Gasteiger partial charge in [0.25, 0.3) is 11.8 Å². The maximum Gasteiger partial charge on any atom is 0.255 e. The first-order chi connectivity index (χ1) is 17.2. The number of methoxy groups -OCH3 is 2. The van der Waals surface area contributed by atoms with Gasteiger partial charge in [0.15, 0.2) is 0 Å². The first-order valence-corrected chi connectivity index (χ1v) is 12.3. The van der Waals surface area contributed by atoms with Gasteiger partial charge in [0.2, 0.25) is 0 Å². The molecule has 1 aliphatic heterocycles. The van der Waals surface area contributed by atoms with E-state index >= 15 is 0 Å². The van der Waals surface area contributed by atoms with Gasteiger partial charge in [0.05, 0.1) is 25.5 Å². The van der Waals surface area contributed by atoms with Gasteiger partial charge in [-0.25, -0.2) is 13.8 Å². The first-order valence-electron chi connectivity index (χ1n) is 11.5. The van der Waals surface area contributed by atoms with Crippen molar-refractivity contribution >= 4 is 27.7 Å². The minimum absolute atomic E-state index is 0.101. The number of hydrogen-bond acceptors (Lipinski definition) is 6. The number of halogens is 3. The highest BCUT2D eigenvalue weighted by molar-refractivity contribution is 9.10. The smallest absolute Gasteiger partial charge is 0.255 e. The monoisotopic (exact) mass is 560 g/mol. The molecule has 1 amide bonds. The van der Waals surface area contributed by atoms with Crippen LogP contribution in [-0.2, 0) is 6.54 Å². The largest absolute Gasteiger partial charge is 0.497 e. The number of carbonyl (C=O) groups is 1. The minimum Gasteiger partial charge on any atom is -0.497 e. The molecule has 3 heterocycles. The van der Waals surface area contributed by atoms with Crippen LogP contribution in [0.15, 0.2) is 47.2 Å². The van der Waals surface area contributed by atoms with E-state index in [0.717, 1.165) is 11.1 Å². The highest BCUT2D eigenvalue weighted by Crippen LogP contribution is 2.40. The third-order valence-electron chi connectivity index (χ3n) is 6.21. The van der Waals surface area contributed by atoms with E-state index in [1.54, 1.807) is 55.8 Å². The number of nitrogens with zero attached hydrogens (tertiary/aromatic N) is 3. The molecule has 0 aliphatic carbocycles. The molecule has 3 aromatic rings. The Morgan fingerprint density at radius 3 is 2.47 bits per heavy atom. The predicted molar refractivity (Wildman–Crippen MR) is 137 cm³/mol. The van der Waals surface area contributed by atoms with Crippen molar-refractivity contribution in [2.45, 2.75) is 32.2 Å². The van der Waals surface area contributed by atoms with Crippen LogP contribution in [0.2, 0.25) is 0 Å². The molecule has 2 aromatic heterocycles. The molecule has 1 aliphatic rings. The summed E-state index contributed by atoms with van der Waals surface area (Å²) in [4.78, 5) is 24.3. The second-order valence-corrected chi connectivity index (χ2v) is 9.32. The quantitative estimate of drug-likeness (QED) is 0.417. The lowest BCUT2D eigenvalue weighted by molar-refractivity contribution is -0.0221. The third kappa shape index (κ3) is 5.43. The van der Waals surface area contributed by atoms with Crippen LogP contribution in [0.4, 0.5) is 14.6 Å². The lowest BCUT2D eigenvalue weighted by Gasteiger charge is -2.34. The SMILES string of the molecule is COc1ccc(CNC(=O)c2c(N3CCC(F)(F)CC3)nc(C)c(Br)c2-c2ccncc2)c(OC)c1. The van der Waals surface area contributed by atoms with E-state index in [1.807, 2.05) is 13.0 Å². The van der Waals surface area contributed by atoms with Crippen molar-refractivity contribution in [2.24, 2.45) is 0 Å². The van der Waals surface area contributed by atoms with Crippen LogP contribution < -0.4 is 19.7 Å². The molecule has 1 N–H and O–H groups in total. The Morgan fingerprint density at radius 2 is 1.83 bits per heavy atom. The lowest BCUT2D eigenvalue weighted by Crippen LogP contribution is -2.41. The number of alkyl halides is 2. The molecule has 190 valence electrons. The van der Waals surface area contributed by atoms with Gasteiger partial charge in [-0.15, -0.1) is 0 Å². The average molecular weight is 561 g/mol. The number of aromatic nitrogens is 2. The van der Waals surface area contributed by atoms with E-state index in [1.165, 1.54) is 0 Å². The fraction of sp³-hybridized carbons (Fsp3) is 0.346. The van der Waals surface area contributed by atoms with Crippen molar-refractivity contribution in [3.05, 3.63) is 64.0 Å². The van der Waals surface area contributed by atoms with Crippen LogP contribution in [0.3, 0.4) is 0 Å². The number of benzene rings is 1. The second-order valence-electron chi connectivity index (χ2n) is 8.52. The number of carbonyl (C=O) groups excluding carboxylic acids is 1. The van der Waals surface area contributed by atoms with E-state index < -0.39 is 5.92 Å². The minimum atomic E-state index is -2.72. The van der Waals surface area contributed by atoms with Crippen molar-refractivity contribution in [2.75, 3.05) is 32.2 Å². The molecule has 0 saturated carbocycles. The maximum atomic E-state index is 13.9. The number of pyridine rings is 2. The zero-order valence-corrected chi connectivity index (χ0v) is 21.9. The molecule has 7 nitrogen and oxygen atoms in total. The number of nitrogens with one attached hydrogen (secondary N) is 1. The number of rotatable bonds is 7. The molecule has 0 unspecified atom stereocenters. The van der Waals surface area contributed by atoms with Crippen LogP contribution in [0.25, 0.3) is 11.1 Å². The molecule has 1 saturated heterocycles. The van der Waals surface area contributed by atoms with E-state index in [-0.39, 0.29) is 38.4 Å². The summed E-state index contributed by atoms with van der Waals surface area (Å²) < 4.78 is 39.2. The van der Waals surface area contributed by atoms with E-state index in [2.05, 4.69) is 31.2 Å². The molecular formula is C26H27BrF2N4O3. The van der Waals surface area contributed by atoms with Gasteiger partial charge in [-0.05, 0) is 52.7 Å². The molecule has 36 heavy (non-hydrogen) atoms. The van der Waals surface area contributed by atoms with E-state index in [4.69, 9.17) is 9.47 Å². The van der Waals surface area contributed by atoms with Gasteiger partial charge < -0.3 is 19.7 Å². The van der Waals surface area contributed by atoms with Gasteiger partial charge in [-0.2, -0.15) is 0 Å². The molecule has 4 rings (SSSR count). The summed E-state index contributed by atoms with van der Waals surface area (Å²) in [6, 6.07) is 8.95. The summed E-state index contributed by atoms with van der Waals surface area (Å²) in [5.74, 6) is -1.50. The summed E-state index contributed by atoms with van der Waals surface area (Å²) in [6.07, 6.45) is 2.70. The number of piperidine rings is 1. The molecule has 0 bridgehead atoms. The Kier molecular flexibility index (Phi) is 7.73. The molecule has 0 spiro atoms. The third-order valence-corrected chi connectivity index (χ3v) is 7.18. The van der Waals surface area contributed by atoms with Crippen molar-refractivity contribution < 1.29 is 23.0 Å². The Morgan fingerprint density at radius 1 is 1.14 bits per heavy atom. The molecule has 0 radical (unpaired) electrons. The number of aryl methyl sites for hydroxylation is 1. The van der Waals surface area contributed by atoms with Gasteiger partial charge >= 0.3 is 0 Å². The summed E-state index contributed by atoms with van der Waals surface area (Å²) in [5.41, 5.74) is 3.13. The molecule has 1 fully saturated rings. The topological polar surface area (TPSA) is 76.6 Å². The first kappa shape index (κ1) is 25.8. The van der Waals surface area contributed by atoms with E-state index in [0.29, 0.717) is 38.6 Å². The molecule has 10 heteroatoms. The predicted octanol–water partition coefficient (Wildman–Crippen LogP) is 5.40. The fourth-order valence-electron chi connectivity index (χ4n) is 4.21. The van der Waals surface area contributed by atoms with Crippen molar-refractivity contribution in [3.63, 3.8) is 0 Å². The summed E-state index contributed by atoms with van der Waals surface area (Å²) in [7, 11) is 3.12. The lowest BCUT2D eigenvalue weighted by atomic mass is 9.98. The summed E-state index contributed by atoms with van der Waals surface area (Å²) in [6.45, 7) is 2.21. The van der Waals surface area contributed by atoms with Crippen molar-refractivity contribution in [1.29, 1.82) is 0 Å². The second kappa shape index (κ2) is 10.8. The number of ether oxygens (including phenoxy) is 2. The Hall–Kier alpha value is -3.27. The Bertz CT molecular complexity index is 1250. The number of amides is 1. The van der Waals surface area contributed by atoms with Gasteiger partial charge in [-0.3, -0.25) is 9.78 Å². The molecular weight excluding hydrogens is 534 g/mol. The van der Waals surface area contributed by atoms with Crippen molar-refractivity contribution in [1.82, 2.24) is 15.3 Å². The Labute approximate surface area is 217 Å². The number of anilines is 1. The standard InChI is InChI=1S/C26H27BrF2N4O3/c1-16-23(27)21(17-6-10-30-11-7-17)22(24(32-16)33-12-8-26(28,29)9-13-33)25(34)31-15-18-4-5-19(35-2)14-20(18)36-3/h4-7,10-11,14H,8-9,12-13,15H2,1-3H3,(H,31,34). The highest BCUT2D eigenvalue weighted by Gasteiger charge is 2.36. The van der Waals surface area contributed by atoms with Crippen LogP contribution in [-0.4, -0.2) is 49.1 Å². The van der Waals surface area contributed by atoms with E-state index in [9.17, 15) is 13.6 Å². The van der Waals surface area contributed by atoms with Gasteiger partial charge in [-0.1, -0.05) is 0 Å². The summed E-state index contributed by atoms with van der Waals surface area (Å²) in [5, 5.41) is 2.97.